The number of carbonyl (C=O) groups is 4. The molecule has 3 N–H and O–H groups in total. The number of rotatable bonds is 8. The van der Waals surface area contributed by atoms with Gasteiger partial charge in [0, 0.05) is 6.54 Å². The first-order valence-electron chi connectivity index (χ1n) is 9.90. The molecule has 0 radical (unpaired) electrons. The molecule has 1 fully saturated rings. The molecule has 1 saturated carbocycles. The van der Waals surface area contributed by atoms with Crippen molar-refractivity contribution in [3.05, 3.63) is 34.3 Å². The Labute approximate surface area is 185 Å². The van der Waals surface area contributed by atoms with Gasteiger partial charge in [-0.15, -0.1) is 0 Å². The van der Waals surface area contributed by atoms with Gasteiger partial charge in [-0.3, -0.25) is 4.79 Å². The average molecular weight is 455 g/mol. The molecule has 3 unspecified atom stereocenters. The van der Waals surface area contributed by atoms with E-state index in [4.69, 9.17) is 21.1 Å². The Kier molecular flexibility index (Phi) is 7.89. The second-order valence-corrected chi connectivity index (χ2v) is 8.62. The van der Waals surface area contributed by atoms with Crippen LogP contribution in [0.1, 0.15) is 54.8 Å². The fourth-order valence-corrected chi connectivity index (χ4v) is 3.40. The van der Waals surface area contributed by atoms with Crippen molar-refractivity contribution in [1.82, 2.24) is 10.6 Å². The average Bonchev–Trinajstić information content (AvgIpc) is 3.41. The number of hydrogen-bond acceptors (Lipinski definition) is 6. The summed E-state index contributed by atoms with van der Waals surface area (Å²) < 4.78 is 10.1. The number of carbonyl (C=O) groups excluding carboxylic acids is 3. The minimum atomic E-state index is -1.18. The molecule has 1 aromatic carbocycles. The van der Waals surface area contributed by atoms with Crippen molar-refractivity contribution in [3.63, 3.8) is 0 Å². The van der Waals surface area contributed by atoms with E-state index in [1.165, 1.54) is 12.1 Å². The lowest BCUT2D eigenvalue weighted by Crippen LogP contribution is -2.45. The van der Waals surface area contributed by atoms with Crippen molar-refractivity contribution < 1.29 is 33.8 Å². The van der Waals surface area contributed by atoms with Gasteiger partial charge < -0.3 is 25.2 Å². The number of ether oxygens (including phenoxy) is 2. The van der Waals surface area contributed by atoms with E-state index in [-0.39, 0.29) is 41.1 Å². The number of carboxylic acid groups (broad SMARTS) is 1. The molecule has 10 heteroatoms. The number of amides is 2. The Morgan fingerprint density at radius 3 is 2.52 bits per heavy atom. The van der Waals surface area contributed by atoms with Gasteiger partial charge in [0.05, 0.1) is 22.8 Å². The maximum atomic E-state index is 12.6. The Morgan fingerprint density at radius 1 is 1.26 bits per heavy atom. The molecule has 0 aliphatic heterocycles. The number of aliphatic carboxylic acids is 1. The fraction of sp³-hybridized carbons (Fsp3) is 0.524. The molecule has 0 bridgehead atoms. The Morgan fingerprint density at radius 2 is 1.94 bits per heavy atom. The van der Waals surface area contributed by atoms with Crippen LogP contribution in [0.4, 0.5) is 4.79 Å². The van der Waals surface area contributed by atoms with E-state index in [0.717, 1.165) is 0 Å². The van der Waals surface area contributed by atoms with Crippen LogP contribution in [0.3, 0.4) is 0 Å². The van der Waals surface area contributed by atoms with Gasteiger partial charge >= 0.3 is 18.0 Å². The van der Waals surface area contributed by atoms with E-state index in [1.54, 1.807) is 33.8 Å². The highest BCUT2D eigenvalue weighted by atomic mass is 35.5. The summed E-state index contributed by atoms with van der Waals surface area (Å²) in [5.74, 6) is -2.90. The van der Waals surface area contributed by atoms with Crippen molar-refractivity contribution in [1.29, 1.82) is 0 Å². The van der Waals surface area contributed by atoms with E-state index >= 15 is 0 Å². The highest BCUT2D eigenvalue weighted by molar-refractivity contribution is 6.34. The van der Waals surface area contributed by atoms with Crippen molar-refractivity contribution in [2.75, 3.05) is 13.2 Å². The fourth-order valence-electron chi connectivity index (χ4n) is 3.14. The number of carboxylic acids is 1. The van der Waals surface area contributed by atoms with Gasteiger partial charge in [-0.2, -0.15) is 0 Å². The van der Waals surface area contributed by atoms with Crippen LogP contribution in [0.15, 0.2) is 18.2 Å². The summed E-state index contributed by atoms with van der Waals surface area (Å²) in [6.07, 6.45) is -0.305. The van der Waals surface area contributed by atoms with Crippen molar-refractivity contribution >= 4 is 35.5 Å². The van der Waals surface area contributed by atoms with Crippen LogP contribution in [0, 0.1) is 11.8 Å². The van der Waals surface area contributed by atoms with E-state index in [2.05, 4.69) is 10.6 Å². The third-order valence-electron chi connectivity index (χ3n) is 4.61. The third-order valence-corrected chi connectivity index (χ3v) is 4.92. The zero-order chi connectivity index (χ0) is 23.3. The SMILES string of the molecule is CCOC(=O)c1c(Cl)cccc1C(=O)NCC1CC1C(NC(=O)OC(C)(C)C)C(=O)O. The molecule has 0 heterocycles. The van der Waals surface area contributed by atoms with Crippen LogP contribution in [0.2, 0.25) is 5.02 Å². The lowest BCUT2D eigenvalue weighted by molar-refractivity contribution is -0.140. The molecular weight excluding hydrogens is 428 g/mol. The maximum Gasteiger partial charge on any atom is 0.408 e. The number of hydrogen-bond donors (Lipinski definition) is 3. The van der Waals surface area contributed by atoms with Gasteiger partial charge in [0.2, 0.25) is 0 Å². The predicted octanol–water partition coefficient (Wildman–Crippen LogP) is 2.86. The molecular formula is C21H27ClN2O7. The van der Waals surface area contributed by atoms with E-state index in [9.17, 15) is 24.3 Å². The zero-order valence-electron chi connectivity index (χ0n) is 17.9. The lowest BCUT2D eigenvalue weighted by atomic mass is 10.1. The summed E-state index contributed by atoms with van der Waals surface area (Å²) in [6, 6.07) is 3.37. The van der Waals surface area contributed by atoms with Gasteiger partial charge in [-0.1, -0.05) is 17.7 Å². The van der Waals surface area contributed by atoms with Crippen molar-refractivity contribution in [2.45, 2.75) is 45.8 Å². The van der Waals surface area contributed by atoms with Crippen LogP contribution in [-0.2, 0) is 14.3 Å². The highest BCUT2D eigenvalue weighted by Crippen LogP contribution is 2.41. The van der Waals surface area contributed by atoms with Crippen LogP contribution < -0.4 is 10.6 Å². The largest absolute Gasteiger partial charge is 0.480 e. The van der Waals surface area contributed by atoms with Crippen molar-refractivity contribution in [3.8, 4) is 0 Å². The minimum absolute atomic E-state index is 0.0223. The first kappa shape index (κ1) is 24.5. The standard InChI is InChI=1S/C21H27ClN2O7/c1-5-30-19(28)15-12(7-6-8-14(15)22)17(25)23-10-11-9-13(11)16(18(26)27)24-20(29)31-21(2,3)4/h6-8,11,13,16H,5,9-10H2,1-4H3,(H,23,25)(H,24,29)(H,26,27). The summed E-state index contributed by atoms with van der Waals surface area (Å²) in [4.78, 5) is 48.3. The van der Waals surface area contributed by atoms with Crippen molar-refractivity contribution in [2.24, 2.45) is 11.8 Å². The van der Waals surface area contributed by atoms with Crippen LogP contribution in [0.5, 0.6) is 0 Å². The van der Waals surface area contributed by atoms with Gasteiger partial charge in [-0.05, 0) is 58.1 Å². The summed E-state index contributed by atoms with van der Waals surface area (Å²) in [6.45, 7) is 6.99. The maximum absolute atomic E-state index is 12.6. The summed E-state index contributed by atoms with van der Waals surface area (Å²) in [5.41, 5.74) is -0.701. The molecule has 0 spiro atoms. The minimum Gasteiger partial charge on any atom is -0.480 e. The zero-order valence-corrected chi connectivity index (χ0v) is 18.6. The van der Waals surface area contributed by atoms with Gasteiger partial charge in [-0.25, -0.2) is 14.4 Å². The number of benzene rings is 1. The van der Waals surface area contributed by atoms with Crippen LogP contribution in [-0.4, -0.2) is 53.8 Å². The summed E-state index contributed by atoms with van der Waals surface area (Å²) in [7, 11) is 0. The molecule has 0 aromatic heterocycles. The lowest BCUT2D eigenvalue weighted by Gasteiger charge is -2.22. The number of esters is 1. The highest BCUT2D eigenvalue weighted by Gasteiger charge is 2.47. The Bertz CT molecular complexity index is 866. The molecule has 9 nitrogen and oxygen atoms in total. The van der Waals surface area contributed by atoms with Gasteiger partial charge in [0.1, 0.15) is 11.6 Å². The molecule has 1 aromatic rings. The molecule has 1 aliphatic carbocycles. The van der Waals surface area contributed by atoms with E-state index in [0.29, 0.717) is 6.42 Å². The second kappa shape index (κ2) is 10.00. The van der Waals surface area contributed by atoms with E-state index in [1.807, 2.05) is 0 Å². The molecule has 0 saturated heterocycles. The van der Waals surface area contributed by atoms with Gasteiger partial charge in [0.15, 0.2) is 0 Å². The molecule has 170 valence electrons. The number of halogens is 1. The molecule has 2 amide bonds. The Balaban J connectivity index is 1.98. The second-order valence-electron chi connectivity index (χ2n) is 8.21. The van der Waals surface area contributed by atoms with Gasteiger partial charge in [0.25, 0.3) is 5.91 Å². The van der Waals surface area contributed by atoms with E-state index < -0.39 is 35.6 Å². The number of alkyl carbamates (subject to hydrolysis) is 1. The first-order valence-corrected chi connectivity index (χ1v) is 10.3. The summed E-state index contributed by atoms with van der Waals surface area (Å²) >= 11 is 6.07. The topological polar surface area (TPSA) is 131 Å². The quantitative estimate of drug-likeness (QED) is 0.514. The molecule has 1 aliphatic rings. The van der Waals surface area contributed by atoms with Crippen LogP contribution in [0.25, 0.3) is 0 Å². The molecule has 31 heavy (non-hydrogen) atoms. The molecule has 3 atom stereocenters. The Hall–Kier alpha value is -2.81. The predicted molar refractivity (Wildman–Crippen MR) is 112 cm³/mol. The first-order chi connectivity index (χ1) is 14.4. The summed E-state index contributed by atoms with van der Waals surface area (Å²) in [5, 5.41) is 14.6. The monoisotopic (exact) mass is 454 g/mol. The number of nitrogens with one attached hydrogen (secondary N) is 2. The smallest absolute Gasteiger partial charge is 0.408 e. The van der Waals surface area contributed by atoms with Crippen LogP contribution >= 0.6 is 11.6 Å². The third kappa shape index (κ3) is 6.85. The normalized spacial score (nSPS) is 18.5. The molecule has 2 rings (SSSR count).